The Morgan fingerprint density at radius 3 is 3.06 bits per heavy atom. The van der Waals surface area contributed by atoms with Crippen LogP contribution in [0.5, 0.6) is 5.75 Å². The third kappa shape index (κ3) is 2.83. The highest BCUT2D eigenvalue weighted by Crippen LogP contribution is 2.18. The maximum atomic E-state index is 8.67. The van der Waals surface area contributed by atoms with Gasteiger partial charge in [-0.2, -0.15) is 0 Å². The van der Waals surface area contributed by atoms with Crippen LogP contribution < -0.4 is 4.74 Å². The third-order valence-corrected chi connectivity index (χ3v) is 2.61. The number of aliphatic hydroxyl groups is 1. The van der Waals surface area contributed by atoms with Gasteiger partial charge >= 0.3 is 0 Å². The molecular weight excluding hydrogens is 202 g/mol. The molecule has 0 bridgehead atoms. The molecule has 1 aliphatic heterocycles. The van der Waals surface area contributed by atoms with Gasteiger partial charge in [0, 0.05) is 25.3 Å². The number of ether oxygens (including phenoxy) is 1. The Hall–Kier alpha value is -1.35. The van der Waals surface area contributed by atoms with E-state index in [0.29, 0.717) is 13.0 Å². The van der Waals surface area contributed by atoms with Crippen LogP contribution in [0.25, 0.3) is 0 Å². The molecular formula is C13H17NO2. The molecule has 1 aliphatic rings. The quantitative estimate of drug-likeness (QED) is 0.770. The van der Waals surface area contributed by atoms with Crippen molar-refractivity contribution in [2.45, 2.75) is 19.3 Å². The van der Waals surface area contributed by atoms with Crippen LogP contribution in [0.15, 0.2) is 29.3 Å². The van der Waals surface area contributed by atoms with Gasteiger partial charge in [-0.05, 0) is 30.5 Å². The minimum atomic E-state index is 0.173. The van der Waals surface area contributed by atoms with E-state index in [-0.39, 0.29) is 6.61 Å². The van der Waals surface area contributed by atoms with Crippen molar-refractivity contribution in [3.8, 4) is 5.75 Å². The molecule has 0 spiro atoms. The van der Waals surface area contributed by atoms with Gasteiger partial charge in [-0.25, -0.2) is 0 Å². The molecule has 0 radical (unpaired) electrons. The molecule has 0 aliphatic carbocycles. The Kier molecular flexibility index (Phi) is 3.94. The van der Waals surface area contributed by atoms with Crippen molar-refractivity contribution in [1.82, 2.24) is 0 Å². The summed E-state index contributed by atoms with van der Waals surface area (Å²) in [5.74, 6) is 0.862. The minimum Gasteiger partial charge on any atom is -0.493 e. The number of rotatable bonds is 5. The van der Waals surface area contributed by atoms with Gasteiger partial charge in [0.1, 0.15) is 5.75 Å². The predicted molar refractivity (Wildman–Crippen MR) is 64.3 cm³/mol. The molecule has 2 rings (SSSR count). The highest BCUT2D eigenvalue weighted by Gasteiger charge is 2.09. The fourth-order valence-corrected chi connectivity index (χ4v) is 1.80. The second kappa shape index (κ2) is 5.66. The second-order valence-electron chi connectivity index (χ2n) is 3.89. The first-order valence-corrected chi connectivity index (χ1v) is 5.77. The lowest BCUT2D eigenvalue weighted by Gasteiger charge is -2.07. The van der Waals surface area contributed by atoms with Crippen LogP contribution in [0.2, 0.25) is 0 Å². The van der Waals surface area contributed by atoms with Crippen molar-refractivity contribution >= 4 is 5.71 Å². The van der Waals surface area contributed by atoms with Crippen LogP contribution >= 0.6 is 0 Å². The second-order valence-corrected chi connectivity index (χ2v) is 3.89. The number of hydrogen-bond donors (Lipinski definition) is 1. The summed E-state index contributed by atoms with van der Waals surface area (Å²) in [6, 6.07) is 8.03. The summed E-state index contributed by atoms with van der Waals surface area (Å²) in [7, 11) is 0. The first kappa shape index (κ1) is 11.1. The highest BCUT2D eigenvalue weighted by atomic mass is 16.5. The highest BCUT2D eigenvalue weighted by molar-refractivity contribution is 6.01. The molecule has 0 amide bonds. The first-order chi connectivity index (χ1) is 7.90. The van der Waals surface area contributed by atoms with E-state index in [1.165, 1.54) is 11.3 Å². The van der Waals surface area contributed by atoms with Gasteiger partial charge in [-0.1, -0.05) is 12.1 Å². The van der Waals surface area contributed by atoms with E-state index in [9.17, 15) is 0 Å². The SMILES string of the molecule is OCCCOc1cccc(C2=NCCC2)c1. The van der Waals surface area contributed by atoms with Crippen molar-refractivity contribution in [3.63, 3.8) is 0 Å². The van der Waals surface area contributed by atoms with E-state index in [1.54, 1.807) is 0 Å². The van der Waals surface area contributed by atoms with Crippen LogP contribution in [0.4, 0.5) is 0 Å². The number of hydrogen-bond acceptors (Lipinski definition) is 3. The summed E-state index contributed by atoms with van der Waals surface area (Å²) in [6.07, 6.45) is 2.90. The van der Waals surface area contributed by atoms with E-state index >= 15 is 0 Å². The van der Waals surface area contributed by atoms with Crippen LogP contribution in [-0.2, 0) is 0 Å². The standard InChI is InChI=1S/C13H17NO2/c15-8-3-9-16-12-5-1-4-11(10-12)13-6-2-7-14-13/h1,4-5,10,15H,2-3,6-9H2. The molecule has 0 fully saturated rings. The van der Waals surface area contributed by atoms with E-state index in [0.717, 1.165) is 25.1 Å². The monoisotopic (exact) mass is 219 g/mol. The van der Waals surface area contributed by atoms with Crippen molar-refractivity contribution in [3.05, 3.63) is 29.8 Å². The zero-order valence-corrected chi connectivity index (χ0v) is 9.35. The number of benzene rings is 1. The van der Waals surface area contributed by atoms with E-state index in [2.05, 4.69) is 11.1 Å². The maximum Gasteiger partial charge on any atom is 0.119 e. The lowest BCUT2D eigenvalue weighted by atomic mass is 10.1. The van der Waals surface area contributed by atoms with Crippen LogP contribution in [0, 0.1) is 0 Å². The number of aliphatic imine (C=N–C) groups is 1. The fraction of sp³-hybridized carbons (Fsp3) is 0.462. The van der Waals surface area contributed by atoms with Gasteiger partial charge in [0.25, 0.3) is 0 Å². The van der Waals surface area contributed by atoms with Gasteiger partial charge in [0.05, 0.1) is 6.61 Å². The summed E-state index contributed by atoms with van der Waals surface area (Å²) >= 11 is 0. The first-order valence-electron chi connectivity index (χ1n) is 5.77. The molecule has 0 atom stereocenters. The third-order valence-electron chi connectivity index (χ3n) is 2.61. The lowest BCUT2D eigenvalue weighted by Crippen LogP contribution is -2.01. The normalized spacial score (nSPS) is 14.9. The van der Waals surface area contributed by atoms with Crippen LogP contribution in [0.3, 0.4) is 0 Å². The maximum absolute atomic E-state index is 8.67. The molecule has 1 N–H and O–H groups in total. The average molecular weight is 219 g/mol. The summed E-state index contributed by atoms with van der Waals surface area (Å²) in [5.41, 5.74) is 2.35. The molecule has 0 saturated carbocycles. The Bertz CT molecular complexity index is 374. The zero-order chi connectivity index (χ0) is 11.2. The fourth-order valence-electron chi connectivity index (χ4n) is 1.80. The Morgan fingerprint density at radius 2 is 2.31 bits per heavy atom. The molecule has 0 unspecified atom stereocenters. The smallest absolute Gasteiger partial charge is 0.119 e. The van der Waals surface area contributed by atoms with Crippen LogP contribution in [0.1, 0.15) is 24.8 Å². The van der Waals surface area contributed by atoms with Gasteiger partial charge < -0.3 is 9.84 Å². The molecule has 0 saturated heterocycles. The molecule has 1 heterocycles. The Morgan fingerprint density at radius 1 is 1.38 bits per heavy atom. The van der Waals surface area contributed by atoms with Crippen molar-refractivity contribution in [1.29, 1.82) is 0 Å². The molecule has 3 heteroatoms. The Balaban J connectivity index is 2.01. The van der Waals surface area contributed by atoms with E-state index < -0.39 is 0 Å². The minimum absolute atomic E-state index is 0.173. The largest absolute Gasteiger partial charge is 0.493 e. The molecule has 86 valence electrons. The summed E-state index contributed by atoms with van der Waals surface area (Å²) in [6.45, 7) is 1.68. The number of nitrogens with zero attached hydrogens (tertiary/aromatic N) is 1. The molecule has 1 aromatic rings. The Labute approximate surface area is 95.8 Å². The molecule has 0 aromatic heterocycles. The molecule has 3 nitrogen and oxygen atoms in total. The van der Waals surface area contributed by atoms with Crippen molar-refractivity contribution in [2.75, 3.05) is 19.8 Å². The predicted octanol–water partition coefficient (Wildman–Crippen LogP) is 2.03. The van der Waals surface area contributed by atoms with E-state index in [4.69, 9.17) is 9.84 Å². The van der Waals surface area contributed by atoms with Crippen LogP contribution in [-0.4, -0.2) is 30.6 Å². The average Bonchev–Trinajstić information content (AvgIpc) is 2.83. The summed E-state index contributed by atoms with van der Waals surface area (Å²) in [4.78, 5) is 4.46. The van der Waals surface area contributed by atoms with E-state index in [1.807, 2.05) is 18.2 Å². The van der Waals surface area contributed by atoms with Crippen molar-refractivity contribution in [2.24, 2.45) is 4.99 Å². The van der Waals surface area contributed by atoms with Crippen molar-refractivity contribution < 1.29 is 9.84 Å². The summed E-state index contributed by atoms with van der Waals surface area (Å²) in [5, 5.41) is 8.67. The number of aliphatic hydroxyl groups excluding tert-OH is 1. The van der Waals surface area contributed by atoms with Gasteiger partial charge in [0.15, 0.2) is 0 Å². The van der Waals surface area contributed by atoms with Gasteiger partial charge in [-0.3, -0.25) is 4.99 Å². The molecule has 1 aromatic carbocycles. The van der Waals surface area contributed by atoms with Gasteiger partial charge in [0.2, 0.25) is 0 Å². The summed E-state index contributed by atoms with van der Waals surface area (Å²) < 4.78 is 5.53. The van der Waals surface area contributed by atoms with Gasteiger partial charge in [-0.15, -0.1) is 0 Å². The molecule has 16 heavy (non-hydrogen) atoms. The topological polar surface area (TPSA) is 41.8 Å². The zero-order valence-electron chi connectivity index (χ0n) is 9.35. The lowest BCUT2D eigenvalue weighted by molar-refractivity contribution is 0.233.